The maximum absolute atomic E-state index is 13.1. The number of nitrogens with one attached hydrogen (secondary N) is 1. The number of carbonyl (C=O) groups is 2. The summed E-state index contributed by atoms with van der Waals surface area (Å²) < 4.78 is 6.43. The first-order valence-corrected chi connectivity index (χ1v) is 10.1. The van der Waals surface area contributed by atoms with Gasteiger partial charge in [0.25, 0.3) is 0 Å². The molecular weight excluding hydrogens is 406 g/mol. The summed E-state index contributed by atoms with van der Waals surface area (Å²) >= 11 is 3.51. The van der Waals surface area contributed by atoms with Crippen molar-refractivity contribution in [3.63, 3.8) is 0 Å². The number of Topliss-reactive ketones (excluding diaryl/α,β-unsaturated/α-hetero) is 1. The van der Waals surface area contributed by atoms with Crippen LogP contribution in [0.3, 0.4) is 0 Å². The van der Waals surface area contributed by atoms with Crippen LogP contribution in [0.2, 0.25) is 0 Å². The monoisotopic (exact) mass is 431 g/mol. The number of ketones is 1. The first-order chi connectivity index (χ1) is 12.6. The summed E-state index contributed by atoms with van der Waals surface area (Å²) in [5.74, 6) is -0.682. The molecule has 1 heterocycles. The van der Waals surface area contributed by atoms with Crippen LogP contribution in [-0.4, -0.2) is 17.9 Å². The molecule has 27 heavy (non-hydrogen) atoms. The number of hydrogen-bond acceptors (Lipinski definition) is 4. The third-order valence-corrected chi connectivity index (χ3v) is 5.48. The molecule has 1 N–H and O–H groups in total. The number of dihydropyridines is 1. The molecule has 1 aromatic carbocycles. The lowest BCUT2D eigenvalue weighted by Gasteiger charge is -2.39. The first-order valence-electron chi connectivity index (χ1n) is 9.29. The molecule has 3 rings (SSSR count). The molecule has 144 valence electrons. The highest BCUT2D eigenvalue weighted by molar-refractivity contribution is 9.10. The van der Waals surface area contributed by atoms with Gasteiger partial charge in [0.2, 0.25) is 0 Å². The molecule has 1 aliphatic carbocycles. The highest BCUT2D eigenvalue weighted by Gasteiger charge is 2.43. The Morgan fingerprint density at radius 1 is 1.30 bits per heavy atom. The van der Waals surface area contributed by atoms with Crippen molar-refractivity contribution in [3.05, 3.63) is 56.8 Å². The zero-order valence-corrected chi connectivity index (χ0v) is 18.1. The van der Waals surface area contributed by atoms with E-state index >= 15 is 0 Å². The van der Waals surface area contributed by atoms with Crippen LogP contribution in [0.25, 0.3) is 0 Å². The maximum atomic E-state index is 13.1. The fourth-order valence-corrected chi connectivity index (χ4v) is 4.42. The number of halogens is 1. The molecule has 5 heteroatoms. The highest BCUT2D eigenvalue weighted by atomic mass is 79.9. The third-order valence-electron chi connectivity index (χ3n) is 4.98. The summed E-state index contributed by atoms with van der Waals surface area (Å²) in [6, 6.07) is 7.81. The van der Waals surface area contributed by atoms with Gasteiger partial charge >= 0.3 is 5.97 Å². The van der Waals surface area contributed by atoms with Gasteiger partial charge in [-0.05, 0) is 50.3 Å². The lowest BCUT2D eigenvalue weighted by Crippen LogP contribution is -2.39. The molecule has 0 radical (unpaired) electrons. The van der Waals surface area contributed by atoms with Crippen molar-refractivity contribution < 1.29 is 14.3 Å². The summed E-state index contributed by atoms with van der Waals surface area (Å²) in [5, 5.41) is 3.35. The van der Waals surface area contributed by atoms with Gasteiger partial charge in [0, 0.05) is 33.8 Å². The van der Waals surface area contributed by atoms with Crippen LogP contribution in [0.1, 0.15) is 58.9 Å². The molecule has 0 amide bonds. The predicted octanol–water partition coefficient (Wildman–Crippen LogP) is 5.00. The van der Waals surface area contributed by atoms with Crippen LogP contribution in [0, 0.1) is 5.41 Å². The van der Waals surface area contributed by atoms with E-state index in [1.54, 1.807) is 0 Å². The molecule has 1 atom stereocenters. The normalized spacial score (nSPS) is 21.9. The van der Waals surface area contributed by atoms with Crippen molar-refractivity contribution in [1.82, 2.24) is 5.32 Å². The Morgan fingerprint density at radius 3 is 2.63 bits per heavy atom. The Bertz CT molecular complexity index is 864. The van der Waals surface area contributed by atoms with Crippen molar-refractivity contribution in [2.24, 2.45) is 5.41 Å². The Labute approximate surface area is 169 Å². The first kappa shape index (κ1) is 19.9. The zero-order chi connectivity index (χ0) is 19.9. The SMILES string of the molecule is CC1=C(C(=O)OC(C)C)[C@@H](c2cccc(Br)c2)C2=C(CC(C)(C)CC2=O)N1. The van der Waals surface area contributed by atoms with E-state index in [0.717, 1.165) is 27.9 Å². The molecule has 4 nitrogen and oxygen atoms in total. The number of ether oxygens (including phenoxy) is 1. The van der Waals surface area contributed by atoms with Gasteiger partial charge in [-0.1, -0.05) is 41.9 Å². The summed E-state index contributed by atoms with van der Waals surface area (Å²) in [6.45, 7) is 9.75. The number of hydrogen-bond donors (Lipinski definition) is 1. The molecule has 0 spiro atoms. The van der Waals surface area contributed by atoms with Gasteiger partial charge in [-0.15, -0.1) is 0 Å². The van der Waals surface area contributed by atoms with Crippen LogP contribution in [0.5, 0.6) is 0 Å². The number of esters is 1. The molecule has 0 aromatic heterocycles. The van der Waals surface area contributed by atoms with E-state index in [0.29, 0.717) is 17.6 Å². The minimum Gasteiger partial charge on any atom is -0.460 e. The zero-order valence-electron chi connectivity index (χ0n) is 16.5. The topological polar surface area (TPSA) is 55.4 Å². The molecule has 2 aliphatic rings. The second kappa shape index (κ2) is 7.27. The van der Waals surface area contributed by atoms with Gasteiger partial charge in [-0.2, -0.15) is 0 Å². The van der Waals surface area contributed by atoms with Crippen LogP contribution in [-0.2, 0) is 14.3 Å². The molecular formula is C22H26BrNO3. The summed E-state index contributed by atoms with van der Waals surface area (Å²) in [5.41, 5.74) is 3.74. The van der Waals surface area contributed by atoms with Gasteiger partial charge < -0.3 is 10.1 Å². The average molecular weight is 432 g/mol. The quantitative estimate of drug-likeness (QED) is 0.683. The second-order valence-electron chi connectivity index (χ2n) is 8.44. The number of rotatable bonds is 3. The lowest BCUT2D eigenvalue weighted by molar-refractivity contribution is -0.143. The van der Waals surface area contributed by atoms with Crippen LogP contribution < -0.4 is 5.32 Å². The van der Waals surface area contributed by atoms with Gasteiger partial charge in [-0.25, -0.2) is 4.79 Å². The Balaban J connectivity index is 2.17. The average Bonchev–Trinajstić information content (AvgIpc) is 2.51. The van der Waals surface area contributed by atoms with Crippen LogP contribution in [0.4, 0.5) is 0 Å². The Kier molecular flexibility index (Phi) is 5.35. The van der Waals surface area contributed by atoms with E-state index < -0.39 is 5.92 Å². The summed E-state index contributed by atoms with van der Waals surface area (Å²) in [6.07, 6.45) is 1.03. The van der Waals surface area contributed by atoms with Crippen LogP contribution >= 0.6 is 15.9 Å². The largest absolute Gasteiger partial charge is 0.460 e. The Hall–Kier alpha value is -1.88. The standard InChI is InChI=1S/C22H26BrNO3/c1-12(2)27-21(26)18-13(3)24-16-10-22(4,5)11-17(25)20(16)19(18)14-7-6-8-15(23)9-14/h6-9,12,19,24H,10-11H2,1-5H3/t19-/m1/s1. The fraction of sp³-hybridized carbons (Fsp3) is 0.455. The minimum absolute atomic E-state index is 0.0963. The van der Waals surface area contributed by atoms with E-state index in [2.05, 4.69) is 35.1 Å². The van der Waals surface area contributed by atoms with Crippen molar-refractivity contribution in [1.29, 1.82) is 0 Å². The van der Waals surface area contributed by atoms with E-state index in [1.807, 2.05) is 45.0 Å². The Morgan fingerprint density at radius 2 is 2.00 bits per heavy atom. The molecule has 0 unspecified atom stereocenters. The fourth-order valence-electron chi connectivity index (χ4n) is 4.00. The van der Waals surface area contributed by atoms with E-state index in [-0.39, 0.29) is 23.3 Å². The van der Waals surface area contributed by atoms with Crippen molar-refractivity contribution in [3.8, 4) is 0 Å². The van der Waals surface area contributed by atoms with E-state index in [1.165, 1.54) is 0 Å². The maximum Gasteiger partial charge on any atom is 0.337 e. The van der Waals surface area contributed by atoms with E-state index in [4.69, 9.17) is 4.74 Å². The predicted molar refractivity (Wildman–Crippen MR) is 109 cm³/mol. The van der Waals surface area contributed by atoms with Crippen molar-refractivity contribution in [2.75, 3.05) is 0 Å². The van der Waals surface area contributed by atoms with Gasteiger partial charge in [0.1, 0.15) is 0 Å². The van der Waals surface area contributed by atoms with Gasteiger partial charge in [0.15, 0.2) is 5.78 Å². The minimum atomic E-state index is -0.409. The molecule has 1 aliphatic heterocycles. The molecule has 0 fully saturated rings. The number of benzene rings is 1. The molecule has 0 bridgehead atoms. The summed E-state index contributed by atoms with van der Waals surface area (Å²) in [7, 11) is 0. The molecule has 0 saturated carbocycles. The van der Waals surface area contributed by atoms with Gasteiger partial charge in [0.05, 0.1) is 11.7 Å². The number of allylic oxidation sites excluding steroid dienone is 3. The van der Waals surface area contributed by atoms with Crippen molar-refractivity contribution >= 4 is 27.7 Å². The highest BCUT2D eigenvalue weighted by Crippen LogP contribution is 2.47. The smallest absolute Gasteiger partial charge is 0.337 e. The van der Waals surface area contributed by atoms with Crippen molar-refractivity contribution in [2.45, 2.75) is 59.5 Å². The molecule has 0 saturated heterocycles. The number of carbonyl (C=O) groups excluding carboxylic acids is 2. The van der Waals surface area contributed by atoms with Crippen LogP contribution in [0.15, 0.2) is 51.3 Å². The second-order valence-corrected chi connectivity index (χ2v) is 9.35. The molecule has 1 aromatic rings. The third kappa shape index (κ3) is 4.03. The summed E-state index contributed by atoms with van der Waals surface area (Å²) in [4.78, 5) is 26.1. The lowest BCUT2D eigenvalue weighted by atomic mass is 9.68. The van der Waals surface area contributed by atoms with Gasteiger partial charge in [-0.3, -0.25) is 4.79 Å². The van der Waals surface area contributed by atoms with E-state index in [9.17, 15) is 9.59 Å².